The van der Waals surface area contributed by atoms with Crippen molar-refractivity contribution >= 4 is 52.3 Å². The standard InChI is InChI=1S/C25H23Cl2N3O4S/c1-5-34-24(33)20-13(2)28-25-30(21(20)14-6-8-17(9-7-14)29(3)4)23(32)19(35-25)11-15-10-16(26)12-18(27)22(15)31/h6-12,21,31H,5H2,1-4H3/b19-11-/t21-/m0/s1. The molecule has 0 bridgehead atoms. The topological polar surface area (TPSA) is 84.1 Å². The van der Waals surface area contributed by atoms with Gasteiger partial charge in [0, 0.05) is 30.4 Å². The highest BCUT2D eigenvalue weighted by atomic mass is 35.5. The van der Waals surface area contributed by atoms with Gasteiger partial charge in [0.05, 0.1) is 33.5 Å². The van der Waals surface area contributed by atoms with Gasteiger partial charge in [-0.2, -0.15) is 0 Å². The van der Waals surface area contributed by atoms with Gasteiger partial charge in [0.25, 0.3) is 5.56 Å². The van der Waals surface area contributed by atoms with Crippen LogP contribution in [0.25, 0.3) is 6.08 Å². The number of nitrogens with zero attached hydrogens (tertiary/aromatic N) is 3. The molecule has 0 spiro atoms. The zero-order valence-corrected chi connectivity index (χ0v) is 21.8. The van der Waals surface area contributed by atoms with E-state index in [2.05, 4.69) is 4.99 Å². The second-order valence-corrected chi connectivity index (χ2v) is 9.97. The number of halogens is 2. The summed E-state index contributed by atoms with van der Waals surface area (Å²) in [5.41, 5.74) is 2.45. The number of carbonyl (C=O) groups excluding carboxylic acids is 1. The smallest absolute Gasteiger partial charge is 0.338 e. The maximum atomic E-state index is 13.6. The SMILES string of the molecule is CCOC(=O)C1=C(C)N=c2s/c(=C\c3cc(Cl)cc(Cl)c3O)c(=O)n2[C@H]1c1ccc(N(C)C)cc1. The highest BCUT2D eigenvalue weighted by Gasteiger charge is 2.33. The minimum absolute atomic E-state index is 0.0795. The van der Waals surface area contributed by atoms with Gasteiger partial charge in [-0.3, -0.25) is 9.36 Å². The quantitative estimate of drug-likeness (QED) is 0.505. The Bertz CT molecular complexity index is 1520. The van der Waals surface area contributed by atoms with Crippen molar-refractivity contribution in [3.63, 3.8) is 0 Å². The lowest BCUT2D eigenvalue weighted by atomic mass is 9.95. The summed E-state index contributed by atoms with van der Waals surface area (Å²) in [5, 5.41) is 10.8. The van der Waals surface area contributed by atoms with Crippen LogP contribution in [0.15, 0.2) is 57.5 Å². The molecule has 4 rings (SSSR count). The van der Waals surface area contributed by atoms with E-state index < -0.39 is 12.0 Å². The second-order valence-electron chi connectivity index (χ2n) is 8.11. The van der Waals surface area contributed by atoms with Gasteiger partial charge in [-0.05, 0) is 49.8 Å². The summed E-state index contributed by atoms with van der Waals surface area (Å²) in [4.78, 5) is 33.6. The Labute approximate surface area is 215 Å². The third kappa shape index (κ3) is 4.74. The van der Waals surface area contributed by atoms with Crippen molar-refractivity contribution in [2.24, 2.45) is 4.99 Å². The Morgan fingerprint density at radius 3 is 2.57 bits per heavy atom. The minimum atomic E-state index is -0.722. The molecule has 35 heavy (non-hydrogen) atoms. The van der Waals surface area contributed by atoms with Gasteiger partial charge in [-0.25, -0.2) is 9.79 Å². The molecule has 0 saturated carbocycles. The molecule has 2 aromatic carbocycles. The van der Waals surface area contributed by atoms with Crippen LogP contribution in [0.5, 0.6) is 5.75 Å². The number of fused-ring (bicyclic) bond motifs is 1. The van der Waals surface area contributed by atoms with Crippen molar-refractivity contribution in [2.45, 2.75) is 19.9 Å². The summed E-state index contributed by atoms with van der Waals surface area (Å²) < 4.78 is 7.12. The van der Waals surface area contributed by atoms with Crippen LogP contribution in [0.3, 0.4) is 0 Å². The Morgan fingerprint density at radius 1 is 1.26 bits per heavy atom. The molecule has 2 heterocycles. The van der Waals surface area contributed by atoms with E-state index in [4.69, 9.17) is 27.9 Å². The normalized spacial score (nSPS) is 15.6. The van der Waals surface area contributed by atoms with Gasteiger partial charge in [0.15, 0.2) is 4.80 Å². The number of benzene rings is 2. The second kappa shape index (κ2) is 9.89. The number of hydrogen-bond donors (Lipinski definition) is 1. The molecule has 1 aliphatic rings. The van der Waals surface area contributed by atoms with Crippen LogP contribution >= 0.6 is 34.5 Å². The summed E-state index contributed by atoms with van der Waals surface area (Å²) in [6, 6.07) is 9.84. The third-order valence-corrected chi connectivity index (χ3v) is 7.08. The monoisotopic (exact) mass is 531 g/mol. The molecule has 3 aromatic rings. The minimum Gasteiger partial charge on any atom is -0.506 e. The number of hydrogen-bond acceptors (Lipinski definition) is 7. The third-order valence-electron chi connectivity index (χ3n) is 5.59. The fourth-order valence-electron chi connectivity index (χ4n) is 3.90. The van der Waals surface area contributed by atoms with E-state index in [1.807, 2.05) is 43.3 Å². The number of ether oxygens (including phenoxy) is 1. The summed E-state index contributed by atoms with van der Waals surface area (Å²) in [6.45, 7) is 3.65. The molecule has 0 unspecified atom stereocenters. The number of allylic oxidation sites excluding steroid dienone is 1. The highest BCUT2D eigenvalue weighted by molar-refractivity contribution is 7.07. The molecule has 0 saturated heterocycles. The number of phenolic OH excluding ortho intramolecular Hbond substituents is 1. The maximum absolute atomic E-state index is 13.6. The summed E-state index contributed by atoms with van der Waals surface area (Å²) >= 11 is 13.3. The lowest BCUT2D eigenvalue weighted by molar-refractivity contribution is -0.139. The summed E-state index contributed by atoms with van der Waals surface area (Å²) in [5.74, 6) is -0.704. The molecule has 1 N–H and O–H groups in total. The van der Waals surface area contributed by atoms with E-state index in [0.29, 0.717) is 31.2 Å². The van der Waals surface area contributed by atoms with E-state index >= 15 is 0 Å². The molecule has 0 amide bonds. The Hall–Kier alpha value is -3.07. The zero-order chi connectivity index (χ0) is 25.4. The van der Waals surface area contributed by atoms with Crippen LogP contribution in [0.1, 0.15) is 31.0 Å². The maximum Gasteiger partial charge on any atom is 0.338 e. The summed E-state index contributed by atoms with van der Waals surface area (Å²) in [6.07, 6.45) is 1.52. The molecule has 1 atom stereocenters. The molecular formula is C25H23Cl2N3O4S. The van der Waals surface area contributed by atoms with Gasteiger partial charge in [0.1, 0.15) is 5.75 Å². The number of esters is 1. The predicted molar refractivity (Wildman–Crippen MR) is 139 cm³/mol. The Kier molecular flexibility index (Phi) is 7.07. The van der Waals surface area contributed by atoms with Crippen molar-refractivity contribution in [1.29, 1.82) is 0 Å². The molecule has 0 fully saturated rings. The van der Waals surface area contributed by atoms with Gasteiger partial charge in [0.2, 0.25) is 0 Å². The molecule has 10 heteroatoms. The van der Waals surface area contributed by atoms with Crippen LogP contribution in [-0.2, 0) is 9.53 Å². The van der Waals surface area contributed by atoms with Gasteiger partial charge < -0.3 is 14.7 Å². The lowest BCUT2D eigenvalue weighted by Crippen LogP contribution is -2.39. The van der Waals surface area contributed by atoms with Crippen LogP contribution < -0.4 is 19.8 Å². The number of phenols is 1. The number of aromatic hydroxyl groups is 1. The summed E-state index contributed by atoms with van der Waals surface area (Å²) in [7, 11) is 3.87. The fourth-order valence-corrected chi connectivity index (χ4v) is 5.45. The van der Waals surface area contributed by atoms with Crippen LogP contribution in [0, 0.1) is 0 Å². The van der Waals surface area contributed by atoms with E-state index in [1.54, 1.807) is 13.8 Å². The van der Waals surface area contributed by atoms with Crippen molar-refractivity contribution in [1.82, 2.24) is 4.57 Å². The van der Waals surface area contributed by atoms with E-state index in [9.17, 15) is 14.7 Å². The van der Waals surface area contributed by atoms with Gasteiger partial charge >= 0.3 is 5.97 Å². The van der Waals surface area contributed by atoms with E-state index in [1.165, 1.54) is 22.8 Å². The van der Waals surface area contributed by atoms with Crippen molar-refractivity contribution in [3.05, 3.63) is 88.5 Å². The Balaban J connectivity index is 1.96. The first-order valence-corrected chi connectivity index (χ1v) is 12.3. The Morgan fingerprint density at radius 2 is 1.94 bits per heavy atom. The molecular weight excluding hydrogens is 509 g/mol. The molecule has 0 radical (unpaired) electrons. The van der Waals surface area contributed by atoms with Gasteiger partial charge in [-0.1, -0.05) is 46.7 Å². The highest BCUT2D eigenvalue weighted by Crippen LogP contribution is 2.33. The number of carbonyl (C=O) groups is 1. The average Bonchev–Trinajstić information content (AvgIpc) is 3.10. The molecule has 1 aliphatic heterocycles. The molecule has 1 aromatic heterocycles. The molecule has 182 valence electrons. The van der Waals surface area contributed by atoms with Crippen molar-refractivity contribution in [3.8, 4) is 5.75 Å². The first-order valence-electron chi connectivity index (χ1n) is 10.8. The zero-order valence-electron chi connectivity index (χ0n) is 19.5. The van der Waals surface area contributed by atoms with E-state index in [-0.39, 0.29) is 22.9 Å². The van der Waals surface area contributed by atoms with Crippen molar-refractivity contribution in [2.75, 3.05) is 25.6 Å². The van der Waals surface area contributed by atoms with Gasteiger partial charge in [-0.15, -0.1) is 0 Å². The largest absolute Gasteiger partial charge is 0.506 e. The predicted octanol–water partition coefficient (Wildman–Crippen LogP) is 3.88. The molecule has 0 aliphatic carbocycles. The van der Waals surface area contributed by atoms with Crippen LogP contribution in [-0.4, -0.2) is 36.3 Å². The van der Waals surface area contributed by atoms with Crippen molar-refractivity contribution < 1.29 is 14.6 Å². The van der Waals surface area contributed by atoms with Crippen LogP contribution in [0.4, 0.5) is 5.69 Å². The number of anilines is 1. The fraction of sp³-hybridized carbons (Fsp3) is 0.240. The number of thiazole rings is 1. The van der Waals surface area contributed by atoms with E-state index in [0.717, 1.165) is 22.6 Å². The number of rotatable bonds is 5. The first kappa shape index (κ1) is 25.0. The molecule has 7 nitrogen and oxygen atoms in total. The average molecular weight is 532 g/mol. The number of aromatic nitrogens is 1. The first-order chi connectivity index (χ1) is 16.6. The lowest BCUT2D eigenvalue weighted by Gasteiger charge is -2.25. The van der Waals surface area contributed by atoms with Crippen LogP contribution in [0.2, 0.25) is 10.0 Å².